The van der Waals surface area contributed by atoms with Gasteiger partial charge in [0.05, 0.1) is 0 Å². The summed E-state index contributed by atoms with van der Waals surface area (Å²) in [7, 11) is 1.82. The van der Waals surface area contributed by atoms with E-state index in [9.17, 15) is 4.79 Å². The average Bonchev–Trinajstić information content (AvgIpc) is 3.00. The number of benzene rings is 1. The van der Waals surface area contributed by atoms with Gasteiger partial charge in [-0.25, -0.2) is 4.79 Å². The maximum Gasteiger partial charge on any atom is 0.323 e. The van der Waals surface area contributed by atoms with E-state index in [1.165, 1.54) is 5.69 Å². The van der Waals surface area contributed by atoms with Crippen molar-refractivity contribution in [1.29, 1.82) is 0 Å². The number of urea groups is 1. The first-order valence-corrected chi connectivity index (χ1v) is 8.38. The van der Waals surface area contributed by atoms with Gasteiger partial charge in [0.25, 0.3) is 0 Å². The molecule has 0 radical (unpaired) electrons. The number of nitrogens with one attached hydrogen (secondary N) is 1. The van der Waals surface area contributed by atoms with Gasteiger partial charge in [-0.05, 0) is 44.0 Å². The second-order valence-electron chi connectivity index (χ2n) is 6.06. The van der Waals surface area contributed by atoms with Gasteiger partial charge in [0.1, 0.15) is 5.76 Å². The minimum absolute atomic E-state index is 0.159. The predicted octanol–water partition coefficient (Wildman–Crippen LogP) is 3.77. The second kappa shape index (κ2) is 7.13. The zero-order valence-electron chi connectivity index (χ0n) is 13.8. The van der Waals surface area contributed by atoms with Gasteiger partial charge in [-0.1, -0.05) is 16.8 Å². The normalized spacial score (nSPS) is 15.4. The lowest BCUT2D eigenvalue weighted by Crippen LogP contribution is -2.47. The lowest BCUT2D eigenvalue weighted by molar-refractivity contribution is 0.192. The molecule has 1 N–H and O–H groups in total. The molecule has 0 atom stereocenters. The predicted molar refractivity (Wildman–Crippen MR) is 94.7 cm³/mol. The first kappa shape index (κ1) is 16.6. The Bertz CT molecular complexity index is 693. The zero-order chi connectivity index (χ0) is 17.1. The number of hydrogen-bond donors (Lipinski definition) is 1. The Balaban J connectivity index is 1.53. The van der Waals surface area contributed by atoms with Crippen molar-refractivity contribution in [2.45, 2.75) is 25.8 Å². The van der Waals surface area contributed by atoms with Gasteiger partial charge < -0.3 is 14.3 Å². The maximum absolute atomic E-state index is 12.3. The van der Waals surface area contributed by atoms with Crippen LogP contribution in [0.25, 0.3) is 0 Å². The van der Waals surface area contributed by atoms with Crippen LogP contribution in [-0.4, -0.2) is 42.3 Å². The maximum atomic E-state index is 12.3. The monoisotopic (exact) mass is 348 g/mol. The Labute approximate surface area is 146 Å². The number of anilines is 2. The van der Waals surface area contributed by atoms with E-state index in [2.05, 4.69) is 15.4 Å². The molecular formula is C17H21ClN4O2. The average molecular weight is 349 g/mol. The molecule has 128 valence electrons. The van der Waals surface area contributed by atoms with Crippen LogP contribution in [0, 0.1) is 6.92 Å². The van der Waals surface area contributed by atoms with Crippen LogP contribution in [0.5, 0.6) is 0 Å². The highest BCUT2D eigenvalue weighted by Crippen LogP contribution is 2.24. The van der Waals surface area contributed by atoms with Crippen LogP contribution in [0.4, 0.5) is 16.3 Å². The largest absolute Gasteiger partial charge is 0.371 e. The van der Waals surface area contributed by atoms with Gasteiger partial charge in [0.15, 0.2) is 5.82 Å². The SMILES string of the molecule is Cc1cc(NC(=O)N(C)C2CCN(c3ccc(Cl)cc3)CC2)no1. The highest BCUT2D eigenvalue weighted by atomic mass is 35.5. The first-order valence-electron chi connectivity index (χ1n) is 8.00. The fraction of sp³-hybridized carbons (Fsp3) is 0.412. The number of halogens is 1. The molecule has 2 amide bonds. The molecule has 7 heteroatoms. The van der Waals surface area contributed by atoms with E-state index >= 15 is 0 Å². The summed E-state index contributed by atoms with van der Waals surface area (Å²) in [5.74, 6) is 1.12. The molecule has 3 rings (SSSR count). The highest BCUT2D eigenvalue weighted by molar-refractivity contribution is 6.30. The van der Waals surface area contributed by atoms with Crippen molar-refractivity contribution in [3.8, 4) is 0 Å². The number of hydrogen-bond acceptors (Lipinski definition) is 4. The van der Waals surface area contributed by atoms with Crippen molar-refractivity contribution in [2.24, 2.45) is 0 Å². The summed E-state index contributed by atoms with van der Waals surface area (Å²) in [6.07, 6.45) is 1.84. The van der Waals surface area contributed by atoms with E-state index in [0.717, 1.165) is 31.0 Å². The Morgan fingerprint density at radius 3 is 2.58 bits per heavy atom. The Kier molecular flexibility index (Phi) is 4.94. The highest BCUT2D eigenvalue weighted by Gasteiger charge is 2.26. The summed E-state index contributed by atoms with van der Waals surface area (Å²) in [4.78, 5) is 16.4. The van der Waals surface area contributed by atoms with Crippen LogP contribution < -0.4 is 10.2 Å². The third-order valence-corrected chi connectivity index (χ3v) is 4.64. The molecule has 1 saturated heterocycles. The molecule has 1 aliphatic heterocycles. The molecule has 2 aromatic rings. The number of piperidine rings is 1. The van der Waals surface area contributed by atoms with E-state index in [1.54, 1.807) is 17.9 Å². The summed E-state index contributed by atoms with van der Waals surface area (Å²) in [5, 5.41) is 7.30. The Hall–Kier alpha value is -2.21. The van der Waals surface area contributed by atoms with Gasteiger partial charge in [0, 0.05) is 43.0 Å². The summed E-state index contributed by atoms with van der Waals surface area (Å²) in [6.45, 7) is 3.61. The third kappa shape index (κ3) is 3.82. The fourth-order valence-electron chi connectivity index (χ4n) is 2.95. The minimum Gasteiger partial charge on any atom is -0.371 e. The zero-order valence-corrected chi connectivity index (χ0v) is 14.6. The van der Waals surface area contributed by atoms with Crippen molar-refractivity contribution >= 4 is 29.1 Å². The summed E-state index contributed by atoms with van der Waals surface area (Å²) in [5.41, 5.74) is 1.17. The van der Waals surface area contributed by atoms with Gasteiger partial charge in [-0.15, -0.1) is 0 Å². The fourth-order valence-corrected chi connectivity index (χ4v) is 3.08. The molecular weight excluding hydrogens is 328 g/mol. The van der Waals surface area contributed by atoms with Crippen molar-refractivity contribution in [3.05, 3.63) is 41.1 Å². The smallest absolute Gasteiger partial charge is 0.323 e. The van der Waals surface area contributed by atoms with Gasteiger partial charge in [-0.2, -0.15) is 0 Å². The molecule has 1 fully saturated rings. The van der Waals surface area contributed by atoms with E-state index in [1.807, 2.05) is 31.3 Å². The van der Waals surface area contributed by atoms with Crippen molar-refractivity contribution in [3.63, 3.8) is 0 Å². The Morgan fingerprint density at radius 2 is 2.00 bits per heavy atom. The van der Waals surface area contributed by atoms with Crippen LogP contribution in [0.2, 0.25) is 5.02 Å². The summed E-state index contributed by atoms with van der Waals surface area (Å²) in [6, 6.07) is 9.63. The van der Waals surface area contributed by atoms with E-state index in [-0.39, 0.29) is 12.1 Å². The van der Waals surface area contributed by atoms with Crippen molar-refractivity contribution in [1.82, 2.24) is 10.1 Å². The number of aryl methyl sites for hydroxylation is 1. The lowest BCUT2D eigenvalue weighted by Gasteiger charge is -2.37. The van der Waals surface area contributed by atoms with Gasteiger partial charge >= 0.3 is 6.03 Å². The van der Waals surface area contributed by atoms with Crippen LogP contribution in [0.1, 0.15) is 18.6 Å². The number of amides is 2. The van der Waals surface area contributed by atoms with E-state index in [4.69, 9.17) is 16.1 Å². The summed E-state index contributed by atoms with van der Waals surface area (Å²) >= 11 is 5.94. The quantitative estimate of drug-likeness (QED) is 0.917. The third-order valence-electron chi connectivity index (χ3n) is 4.39. The molecule has 24 heavy (non-hydrogen) atoms. The molecule has 0 spiro atoms. The first-order chi connectivity index (χ1) is 11.5. The van der Waals surface area contributed by atoms with Gasteiger partial charge in [-0.3, -0.25) is 5.32 Å². The van der Waals surface area contributed by atoms with Crippen molar-refractivity contribution in [2.75, 3.05) is 30.4 Å². The number of aromatic nitrogens is 1. The molecule has 1 aromatic heterocycles. The number of nitrogens with zero attached hydrogens (tertiary/aromatic N) is 3. The number of carbonyl (C=O) groups is 1. The minimum atomic E-state index is -0.159. The van der Waals surface area contributed by atoms with Gasteiger partial charge in [0.2, 0.25) is 0 Å². The topological polar surface area (TPSA) is 61.6 Å². The van der Waals surface area contributed by atoms with Crippen LogP contribution in [0.15, 0.2) is 34.9 Å². The van der Waals surface area contributed by atoms with Crippen LogP contribution >= 0.6 is 11.6 Å². The van der Waals surface area contributed by atoms with E-state index in [0.29, 0.717) is 11.6 Å². The second-order valence-corrected chi connectivity index (χ2v) is 6.49. The molecule has 0 saturated carbocycles. The molecule has 0 bridgehead atoms. The molecule has 2 heterocycles. The molecule has 1 aromatic carbocycles. The van der Waals surface area contributed by atoms with Crippen LogP contribution in [-0.2, 0) is 0 Å². The Morgan fingerprint density at radius 1 is 1.33 bits per heavy atom. The molecule has 0 unspecified atom stereocenters. The van der Waals surface area contributed by atoms with Crippen LogP contribution in [0.3, 0.4) is 0 Å². The molecule has 0 aliphatic carbocycles. The summed E-state index contributed by atoms with van der Waals surface area (Å²) < 4.78 is 4.96. The molecule has 6 nitrogen and oxygen atoms in total. The van der Waals surface area contributed by atoms with E-state index < -0.39 is 0 Å². The molecule has 1 aliphatic rings. The number of carbonyl (C=O) groups excluding carboxylic acids is 1. The standard InChI is InChI=1S/C17H21ClN4O2/c1-12-11-16(20-24-12)19-17(23)21(2)14-7-9-22(10-8-14)15-5-3-13(18)4-6-15/h3-6,11,14H,7-10H2,1-2H3,(H,19,20,23). The van der Waals surface area contributed by atoms with Crippen molar-refractivity contribution < 1.29 is 9.32 Å². The lowest BCUT2D eigenvalue weighted by atomic mass is 10.0. The number of rotatable bonds is 3.